The maximum absolute atomic E-state index is 12.8. The van der Waals surface area contributed by atoms with Crippen LogP contribution in [0.1, 0.15) is 10.4 Å². The van der Waals surface area contributed by atoms with Crippen LogP contribution in [0.4, 0.5) is 0 Å². The molecule has 0 unspecified atom stereocenters. The normalized spacial score (nSPS) is 12.4. The second-order valence-corrected chi connectivity index (χ2v) is 9.73. The summed E-state index contributed by atoms with van der Waals surface area (Å²) < 4.78 is 29.5. The number of amides is 1. The summed E-state index contributed by atoms with van der Waals surface area (Å²) in [4.78, 5) is 17.4. The predicted molar refractivity (Wildman–Crippen MR) is 121 cm³/mol. The summed E-state index contributed by atoms with van der Waals surface area (Å²) in [7, 11) is -1.93. The average Bonchev–Trinajstić information content (AvgIpc) is 3.04. The minimum absolute atomic E-state index is 0.0851. The average molecular weight is 462 g/mol. The van der Waals surface area contributed by atoms with Gasteiger partial charge in [0.05, 0.1) is 20.1 Å². The fourth-order valence-electron chi connectivity index (χ4n) is 2.89. The van der Waals surface area contributed by atoms with Crippen molar-refractivity contribution in [3.8, 4) is 0 Å². The monoisotopic (exact) mass is 461 g/mol. The van der Waals surface area contributed by atoms with Crippen molar-refractivity contribution in [1.29, 1.82) is 0 Å². The number of carbonyl (C=O) groups is 1. The molecule has 2 aromatic carbocycles. The lowest BCUT2D eigenvalue weighted by molar-refractivity contribution is 0.0998. The quantitative estimate of drug-likeness (QED) is 0.499. The van der Waals surface area contributed by atoms with Crippen LogP contribution in [-0.2, 0) is 17.1 Å². The number of sulfonamides is 1. The third-order valence-corrected chi connectivity index (χ3v) is 7.62. The first-order chi connectivity index (χ1) is 14.3. The standard InChI is InChI=1S/C21H20ClN3O3S2/c1-4-13-25(14-5-2)30(27,28)16-11-9-15(10-12-16)20(26)23-21-24(3)19-17(22)7-6-8-18(19)29-21/h4-12H,1-2,13-14H2,3H3. The largest absolute Gasteiger partial charge is 0.318 e. The molecule has 6 nitrogen and oxygen atoms in total. The Morgan fingerprint density at radius 1 is 1.17 bits per heavy atom. The van der Waals surface area contributed by atoms with Gasteiger partial charge in [-0.3, -0.25) is 4.79 Å². The van der Waals surface area contributed by atoms with Gasteiger partial charge in [0.2, 0.25) is 10.0 Å². The molecule has 0 radical (unpaired) electrons. The van der Waals surface area contributed by atoms with Crippen LogP contribution in [0.25, 0.3) is 10.2 Å². The van der Waals surface area contributed by atoms with Crippen LogP contribution in [0.2, 0.25) is 5.02 Å². The lowest BCUT2D eigenvalue weighted by atomic mass is 10.2. The molecule has 0 spiro atoms. The second-order valence-electron chi connectivity index (χ2n) is 6.37. The summed E-state index contributed by atoms with van der Waals surface area (Å²) in [5.74, 6) is -0.466. The van der Waals surface area contributed by atoms with E-state index >= 15 is 0 Å². The fraction of sp³-hybridized carbons (Fsp3) is 0.143. The van der Waals surface area contributed by atoms with E-state index in [2.05, 4.69) is 18.2 Å². The van der Waals surface area contributed by atoms with E-state index < -0.39 is 15.9 Å². The molecule has 156 valence electrons. The minimum atomic E-state index is -3.72. The van der Waals surface area contributed by atoms with Gasteiger partial charge in [-0.05, 0) is 36.4 Å². The number of hydrogen-bond donors (Lipinski definition) is 0. The maximum Gasteiger partial charge on any atom is 0.279 e. The van der Waals surface area contributed by atoms with E-state index in [1.54, 1.807) is 17.7 Å². The molecule has 30 heavy (non-hydrogen) atoms. The van der Waals surface area contributed by atoms with Crippen LogP contribution in [0.3, 0.4) is 0 Å². The number of para-hydroxylation sites is 1. The molecule has 0 saturated heterocycles. The first kappa shape index (κ1) is 22.2. The maximum atomic E-state index is 12.8. The van der Waals surface area contributed by atoms with E-state index in [9.17, 15) is 13.2 Å². The van der Waals surface area contributed by atoms with Gasteiger partial charge in [0.25, 0.3) is 5.91 Å². The molecule has 1 aromatic heterocycles. The van der Waals surface area contributed by atoms with E-state index in [0.717, 1.165) is 10.2 Å². The first-order valence-corrected chi connectivity index (χ1v) is 11.6. The molecule has 1 heterocycles. The zero-order valence-electron chi connectivity index (χ0n) is 16.3. The third kappa shape index (κ3) is 4.32. The Kier molecular flexibility index (Phi) is 6.72. The van der Waals surface area contributed by atoms with Gasteiger partial charge in [-0.2, -0.15) is 9.30 Å². The highest BCUT2D eigenvalue weighted by Crippen LogP contribution is 2.24. The SMILES string of the molecule is C=CCN(CC=C)S(=O)(=O)c1ccc(C(=O)N=c2sc3cccc(Cl)c3n2C)cc1. The summed E-state index contributed by atoms with van der Waals surface area (Å²) in [5, 5.41) is 0.582. The summed E-state index contributed by atoms with van der Waals surface area (Å²) in [6.45, 7) is 7.50. The van der Waals surface area contributed by atoms with Crippen molar-refractivity contribution in [2.45, 2.75) is 4.90 Å². The fourth-order valence-corrected chi connectivity index (χ4v) is 5.67. The van der Waals surface area contributed by atoms with Gasteiger partial charge in [-0.25, -0.2) is 8.42 Å². The number of aryl methyl sites for hydroxylation is 1. The van der Waals surface area contributed by atoms with Gasteiger partial charge in [0, 0.05) is 25.7 Å². The number of thiazole rings is 1. The molecule has 1 amide bonds. The smallest absolute Gasteiger partial charge is 0.279 e. The zero-order chi connectivity index (χ0) is 21.9. The van der Waals surface area contributed by atoms with Crippen molar-refractivity contribution in [3.05, 3.63) is 83.2 Å². The van der Waals surface area contributed by atoms with Crippen molar-refractivity contribution in [1.82, 2.24) is 8.87 Å². The van der Waals surface area contributed by atoms with Crippen LogP contribution >= 0.6 is 22.9 Å². The summed E-state index contributed by atoms with van der Waals surface area (Å²) >= 11 is 7.60. The Labute approximate surface area is 184 Å². The Morgan fingerprint density at radius 3 is 2.37 bits per heavy atom. The molecule has 9 heteroatoms. The third-order valence-electron chi connectivity index (χ3n) is 4.38. The van der Waals surface area contributed by atoms with Gasteiger partial charge in [-0.15, -0.1) is 13.2 Å². The topological polar surface area (TPSA) is 71.7 Å². The number of fused-ring (bicyclic) bond motifs is 1. The molecule has 0 fully saturated rings. The second kappa shape index (κ2) is 9.09. The Hall–Kier alpha value is -2.52. The molecular weight excluding hydrogens is 442 g/mol. The molecule has 0 saturated carbocycles. The summed E-state index contributed by atoms with van der Waals surface area (Å²) in [6, 6.07) is 11.3. The summed E-state index contributed by atoms with van der Waals surface area (Å²) in [6.07, 6.45) is 3.02. The van der Waals surface area contributed by atoms with Crippen LogP contribution in [0.15, 0.2) is 77.7 Å². The van der Waals surface area contributed by atoms with E-state index in [0.29, 0.717) is 9.82 Å². The molecule has 0 N–H and O–H groups in total. The van der Waals surface area contributed by atoms with Crippen molar-refractivity contribution in [3.63, 3.8) is 0 Å². The Morgan fingerprint density at radius 2 is 1.80 bits per heavy atom. The number of rotatable bonds is 7. The molecule has 0 atom stereocenters. The highest BCUT2D eigenvalue weighted by Gasteiger charge is 2.22. The molecule has 0 aliphatic rings. The lowest BCUT2D eigenvalue weighted by Gasteiger charge is -2.19. The molecule has 0 bridgehead atoms. The Balaban J connectivity index is 1.93. The number of nitrogens with zero attached hydrogens (tertiary/aromatic N) is 3. The zero-order valence-corrected chi connectivity index (χ0v) is 18.7. The lowest BCUT2D eigenvalue weighted by Crippen LogP contribution is -2.31. The van der Waals surface area contributed by atoms with Crippen molar-refractivity contribution in [2.24, 2.45) is 12.0 Å². The molecule has 0 aliphatic heterocycles. The highest BCUT2D eigenvalue weighted by molar-refractivity contribution is 7.89. The molecular formula is C21H20ClN3O3S2. The van der Waals surface area contributed by atoms with Crippen molar-refractivity contribution in [2.75, 3.05) is 13.1 Å². The van der Waals surface area contributed by atoms with E-state index in [-0.39, 0.29) is 23.5 Å². The number of carbonyl (C=O) groups excluding carboxylic acids is 1. The van der Waals surface area contributed by atoms with Gasteiger partial charge < -0.3 is 4.57 Å². The van der Waals surface area contributed by atoms with Gasteiger partial charge in [-0.1, -0.05) is 41.2 Å². The molecule has 0 aliphatic carbocycles. The van der Waals surface area contributed by atoms with Crippen LogP contribution in [0, 0.1) is 0 Å². The van der Waals surface area contributed by atoms with Crippen LogP contribution < -0.4 is 4.80 Å². The van der Waals surface area contributed by atoms with Gasteiger partial charge in [0.15, 0.2) is 4.80 Å². The minimum Gasteiger partial charge on any atom is -0.318 e. The van der Waals surface area contributed by atoms with E-state index in [4.69, 9.17) is 11.6 Å². The predicted octanol–water partition coefficient (Wildman–Crippen LogP) is 4.00. The summed E-state index contributed by atoms with van der Waals surface area (Å²) in [5.41, 5.74) is 1.10. The molecule has 3 rings (SSSR count). The van der Waals surface area contributed by atoms with Crippen LogP contribution in [0.5, 0.6) is 0 Å². The van der Waals surface area contributed by atoms with E-state index in [1.165, 1.54) is 52.1 Å². The van der Waals surface area contributed by atoms with Gasteiger partial charge in [0.1, 0.15) is 0 Å². The number of aromatic nitrogens is 1. The van der Waals surface area contributed by atoms with Gasteiger partial charge >= 0.3 is 0 Å². The first-order valence-electron chi connectivity index (χ1n) is 8.94. The highest BCUT2D eigenvalue weighted by atomic mass is 35.5. The van der Waals surface area contributed by atoms with Crippen LogP contribution in [-0.4, -0.2) is 36.3 Å². The number of benzene rings is 2. The van der Waals surface area contributed by atoms with E-state index in [1.807, 2.05) is 12.1 Å². The number of hydrogen-bond acceptors (Lipinski definition) is 4. The number of halogens is 1. The van der Waals surface area contributed by atoms with Crippen molar-refractivity contribution < 1.29 is 13.2 Å². The van der Waals surface area contributed by atoms with Crippen molar-refractivity contribution >= 4 is 49.1 Å². The molecule has 3 aromatic rings. The Bertz CT molecular complexity index is 1280.